The number of aliphatic hydroxyl groups excluding tert-OH is 2. The van der Waals surface area contributed by atoms with Gasteiger partial charge in [-0.05, 0) is 18.1 Å². The zero-order chi connectivity index (χ0) is 26.7. The molecular weight excluding hydrogens is 468 g/mol. The Labute approximate surface area is 208 Å². The van der Waals surface area contributed by atoms with Crippen LogP contribution in [0.5, 0.6) is 0 Å². The Balaban J connectivity index is 2.17. The van der Waals surface area contributed by atoms with Gasteiger partial charge >= 0.3 is 5.97 Å². The number of nitrogens with two attached hydrogens (primary N) is 1. The number of hydrogen-bond acceptors (Lipinski definition) is 7. The fourth-order valence-corrected chi connectivity index (χ4v) is 3.39. The summed E-state index contributed by atoms with van der Waals surface area (Å²) in [5.74, 6) is -3.76. The molecule has 0 aromatic heterocycles. The van der Waals surface area contributed by atoms with Crippen molar-refractivity contribution >= 4 is 23.7 Å². The largest absolute Gasteiger partial charge is 0.480 e. The highest BCUT2D eigenvalue weighted by Gasteiger charge is 2.32. The molecule has 11 heteroatoms. The molecule has 5 unspecified atom stereocenters. The predicted molar refractivity (Wildman–Crippen MR) is 130 cm³/mol. The van der Waals surface area contributed by atoms with Crippen molar-refractivity contribution in [1.29, 1.82) is 0 Å². The molecular formula is C25H32N4O7. The van der Waals surface area contributed by atoms with Crippen LogP contribution in [0.15, 0.2) is 60.7 Å². The van der Waals surface area contributed by atoms with Gasteiger partial charge < -0.3 is 37.0 Å². The molecule has 0 saturated heterocycles. The standard InChI is InChI=1S/C25H32N4O7/c1-15(31)21(24(34)28-20(25(35)36)13-17-10-6-3-7-11-17)29-23(33)19(27-22(32)18(26)14-30)12-16-8-4-2-5-9-16/h2-11,15,18-21,30-31H,12-14,26H2,1H3,(H,27,32)(H,28,34)(H,29,33)(H,35,36). The van der Waals surface area contributed by atoms with Crippen LogP contribution in [0.4, 0.5) is 0 Å². The first-order chi connectivity index (χ1) is 17.1. The van der Waals surface area contributed by atoms with Crippen molar-refractivity contribution in [3.05, 3.63) is 71.8 Å². The summed E-state index contributed by atoms with van der Waals surface area (Å²) in [6.07, 6.45) is -1.35. The Hall–Kier alpha value is -3.80. The number of carboxylic acid groups (broad SMARTS) is 1. The zero-order valence-corrected chi connectivity index (χ0v) is 19.8. The maximum absolute atomic E-state index is 13.1. The molecule has 11 nitrogen and oxygen atoms in total. The summed E-state index contributed by atoms with van der Waals surface area (Å²) < 4.78 is 0. The number of hydrogen-bond donors (Lipinski definition) is 7. The number of carbonyl (C=O) groups is 4. The van der Waals surface area contributed by atoms with E-state index in [0.717, 1.165) is 0 Å². The van der Waals surface area contributed by atoms with Crippen molar-refractivity contribution in [1.82, 2.24) is 16.0 Å². The van der Waals surface area contributed by atoms with Gasteiger partial charge in [0.25, 0.3) is 0 Å². The molecule has 2 rings (SSSR count). The van der Waals surface area contributed by atoms with Crippen LogP contribution in [-0.2, 0) is 32.0 Å². The van der Waals surface area contributed by atoms with Crippen molar-refractivity contribution in [3.63, 3.8) is 0 Å². The Bertz CT molecular complexity index is 1020. The monoisotopic (exact) mass is 500 g/mol. The number of nitrogens with one attached hydrogen (secondary N) is 3. The number of rotatable bonds is 13. The van der Waals surface area contributed by atoms with Crippen LogP contribution >= 0.6 is 0 Å². The van der Waals surface area contributed by atoms with E-state index >= 15 is 0 Å². The van der Waals surface area contributed by atoms with Crippen molar-refractivity contribution in [2.45, 2.75) is 50.0 Å². The maximum atomic E-state index is 13.1. The number of carbonyl (C=O) groups excluding carboxylic acids is 3. The number of aliphatic hydroxyl groups is 2. The molecule has 0 fully saturated rings. The van der Waals surface area contributed by atoms with Gasteiger partial charge in [0.05, 0.1) is 12.7 Å². The summed E-state index contributed by atoms with van der Waals surface area (Å²) >= 11 is 0. The normalized spacial score (nSPS) is 15.0. The Morgan fingerprint density at radius 1 is 0.778 bits per heavy atom. The third-order valence-electron chi connectivity index (χ3n) is 5.41. The van der Waals surface area contributed by atoms with Gasteiger partial charge in [-0.25, -0.2) is 4.79 Å². The molecule has 3 amide bonds. The summed E-state index contributed by atoms with van der Waals surface area (Å²) in [5, 5.41) is 36.1. The van der Waals surface area contributed by atoms with E-state index in [1.54, 1.807) is 60.7 Å². The average Bonchev–Trinajstić information content (AvgIpc) is 2.86. The van der Waals surface area contributed by atoms with E-state index in [1.807, 2.05) is 0 Å². The molecule has 0 aliphatic heterocycles. The van der Waals surface area contributed by atoms with Crippen LogP contribution in [0, 0.1) is 0 Å². The van der Waals surface area contributed by atoms with Crippen LogP contribution in [-0.4, -0.2) is 75.9 Å². The summed E-state index contributed by atoms with van der Waals surface area (Å²) in [4.78, 5) is 50.0. The van der Waals surface area contributed by atoms with Gasteiger partial charge in [-0.1, -0.05) is 60.7 Å². The first kappa shape index (κ1) is 28.4. The summed E-state index contributed by atoms with van der Waals surface area (Å²) in [7, 11) is 0. The second-order valence-electron chi connectivity index (χ2n) is 8.36. The second-order valence-corrected chi connectivity index (χ2v) is 8.36. The lowest BCUT2D eigenvalue weighted by molar-refractivity contribution is -0.143. The lowest BCUT2D eigenvalue weighted by Crippen LogP contribution is -2.60. The molecule has 0 spiro atoms. The number of aliphatic carboxylic acids is 1. The van der Waals surface area contributed by atoms with E-state index in [9.17, 15) is 29.4 Å². The number of benzene rings is 2. The van der Waals surface area contributed by atoms with E-state index in [-0.39, 0.29) is 12.8 Å². The molecule has 2 aromatic carbocycles. The van der Waals surface area contributed by atoms with Crippen molar-refractivity contribution in [2.24, 2.45) is 5.73 Å². The quantitative estimate of drug-likeness (QED) is 0.177. The fourth-order valence-electron chi connectivity index (χ4n) is 3.39. The maximum Gasteiger partial charge on any atom is 0.326 e. The minimum atomic E-state index is -1.50. The minimum Gasteiger partial charge on any atom is -0.480 e. The predicted octanol–water partition coefficient (Wildman–Crippen LogP) is -1.29. The molecule has 0 heterocycles. The molecule has 0 bridgehead atoms. The van der Waals surface area contributed by atoms with Gasteiger partial charge in [0.1, 0.15) is 24.2 Å². The Kier molecular flexibility index (Phi) is 11.0. The van der Waals surface area contributed by atoms with Gasteiger partial charge in [-0.15, -0.1) is 0 Å². The second kappa shape index (κ2) is 13.9. The molecule has 2 aromatic rings. The lowest BCUT2D eigenvalue weighted by atomic mass is 10.0. The molecule has 0 saturated carbocycles. The van der Waals surface area contributed by atoms with Crippen molar-refractivity contribution in [3.8, 4) is 0 Å². The number of carboxylic acids is 1. The SMILES string of the molecule is CC(O)C(NC(=O)C(Cc1ccccc1)NC(=O)C(N)CO)C(=O)NC(Cc1ccccc1)C(=O)O. The summed E-state index contributed by atoms with van der Waals surface area (Å²) in [6.45, 7) is 0.631. The summed E-state index contributed by atoms with van der Waals surface area (Å²) in [6, 6.07) is 12.1. The summed E-state index contributed by atoms with van der Waals surface area (Å²) in [5.41, 5.74) is 6.92. The average molecular weight is 501 g/mol. The zero-order valence-electron chi connectivity index (χ0n) is 19.8. The van der Waals surface area contributed by atoms with E-state index in [2.05, 4.69) is 16.0 Å². The van der Waals surface area contributed by atoms with Gasteiger partial charge in [0.15, 0.2) is 0 Å². The molecule has 8 N–H and O–H groups in total. The fraction of sp³-hybridized carbons (Fsp3) is 0.360. The minimum absolute atomic E-state index is 0.00583. The Morgan fingerprint density at radius 3 is 1.69 bits per heavy atom. The molecule has 5 atom stereocenters. The van der Waals surface area contributed by atoms with Crippen LogP contribution in [0.1, 0.15) is 18.1 Å². The van der Waals surface area contributed by atoms with Gasteiger partial charge in [-0.3, -0.25) is 14.4 Å². The lowest BCUT2D eigenvalue weighted by Gasteiger charge is -2.26. The van der Waals surface area contributed by atoms with E-state index < -0.39 is 60.6 Å². The molecule has 0 aliphatic carbocycles. The molecule has 194 valence electrons. The smallest absolute Gasteiger partial charge is 0.326 e. The Morgan fingerprint density at radius 2 is 1.25 bits per heavy atom. The van der Waals surface area contributed by atoms with E-state index in [4.69, 9.17) is 10.8 Å². The van der Waals surface area contributed by atoms with Crippen molar-refractivity contribution in [2.75, 3.05) is 6.61 Å². The van der Waals surface area contributed by atoms with Gasteiger partial charge in [0.2, 0.25) is 17.7 Å². The highest BCUT2D eigenvalue weighted by molar-refractivity contribution is 5.94. The van der Waals surface area contributed by atoms with E-state index in [0.29, 0.717) is 11.1 Å². The third-order valence-corrected chi connectivity index (χ3v) is 5.41. The van der Waals surface area contributed by atoms with Crippen LogP contribution in [0.2, 0.25) is 0 Å². The first-order valence-electron chi connectivity index (χ1n) is 11.4. The molecule has 0 aliphatic rings. The highest BCUT2D eigenvalue weighted by Crippen LogP contribution is 2.07. The van der Waals surface area contributed by atoms with Crippen LogP contribution < -0.4 is 21.7 Å². The van der Waals surface area contributed by atoms with Crippen LogP contribution in [0.25, 0.3) is 0 Å². The van der Waals surface area contributed by atoms with E-state index in [1.165, 1.54) is 6.92 Å². The first-order valence-corrected chi connectivity index (χ1v) is 11.4. The highest BCUT2D eigenvalue weighted by atomic mass is 16.4. The molecule has 36 heavy (non-hydrogen) atoms. The topological polar surface area (TPSA) is 191 Å². The van der Waals surface area contributed by atoms with Gasteiger partial charge in [0, 0.05) is 12.8 Å². The van der Waals surface area contributed by atoms with Crippen molar-refractivity contribution < 1.29 is 34.5 Å². The third kappa shape index (κ3) is 8.77. The van der Waals surface area contributed by atoms with Gasteiger partial charge in [-0.2, -0.15) is 0 Å². The number of amides is 3. The van der Waals surface area contributed by atoms with Crippen LogP contribution in [0.3, 0.4) is 0 Å². The molecule has 0 radical (unpaired) electrons.